The van der Waals surface area contributed by atoms with Gasteiger partial charge in [-0.1, -0.05) is 0 Å². The quantitative estimate of drug-likeness (QED) is 0.918. The van der Waals surface area contributed by atoms with Crippen molar-refractivity contribution in [1.29, 1.82) is 0 Å². The lowest BCUT2D eigenvalue weighted by atomic mass is 10.2. The average Bonchev–Trinajstić information content (AvgIpc) is 3.17. The fourth-order valence-electron chi connectivity index (χ4n) is 2.75. The zero-order valence-electron chi connectivity index (χ0n) is 12.4. The lowest BCUT2D eigenvalue weighted by Gasteiger charge is -2.19. The third-order valence-corrected chi connectivity index (χ3v) is 4.84. The number of aliphatic carboxylic acids is 1. The number of thiazole rings is 1. The molecule has 5 nitrogen and oxygen atoms in total. The van der Waals surface area contributed by atoms with Crippen molar-refractivity contribution in [1.82, 2.24) is 9.88 Å². The smallest absolute Gasteiger partial charge is 0.320 e. The van der Waals surface area contributed by atoms with Crippen molar-refractivity contribution >= 4 is 17.3 Å². The third kappa shape index (κ3) is 3.13. The van der Waals surface area contributed by atoms with Gasteiger partial charge in [0, 0.05) is 17.5 Å². The minimum absolute atomic E-state index is 0.369. The van der Waals surface area contributed by atoms with Crippen molar-refractivity contribution in [2.45, 2.75) is 25.4 Å². The molecule has 1 aliphatic heterocycles. The van der Waals surface area contributed by atoms with E-state index in [2.05, 4.69) is 4.98 Å². The van der Waals surface area contributed by atoms with E-state index in [-0.39, 0.29) is 6.04 Å². The number of carbonyl (C=O) groups is 1. The maximum absolute atomic E-state index is 11.2. The lowest BCUT2D eigenvalue weighted by Crippen LogP contribution is -2.35. The first-order chi connectivity index (χ1) is 10.7. The zero-order valence-corrected chi connectivity index (χ0v) is 13.2. The van der Waals surface area contributed by atoms with Gasteiger partial charge in [0.2, 0.25) is 0 Å². The van der Waals surface area contributed by atoms with Crippen molar-refractivity contribution in [3.8, 4) is 16.3 Å². The van der Waals surface area contributed by atoms with Crippen LogP contribution in [0, 0.1) is 0 Å². The summed E-state index contributed by atoms with van der Waals surface area (Å²) >= 11 is 1.58. The van der Waals surface area contributed by atoms with E-state index in [0.29, 0.717) is 6.54 Å². The Morgan fingerprint density at radius 2 is 2.23 bits per heavy atom. The van der Waals surface area contributed by atoms with Crippen LogP contribution in [0.25, 0.3) is 10.6 Å². The number of benzene rings is 1. The molecule has 1 N–H and O–H groups in total. The molecular formula is C16H18N2O3S. The summed E-state index contributed by atoms with van der Waals surface area (Å²) in [5.74, 6) is 0.0880. The van der Waals surface area contributed by atoms with Gasteiger partial charge < -0.3 is 9.84 Å². The van der Waals surface area contributed by atoms with E-state index >= 15 is 0 Å². The molecule has 0 radical (unpaired) electrons. The van der Waals surface area contributed by atoms with Gasteiger partial charge in [0.1, 0.15) is 16.8 Å². The zero-order chi connectivity index (χ0) is 15.5. The Kier molecular flexibility index (Phi) is 4.40. The summed E-state index contributed by atoms with van der Waals surface area (Å²) in [6.45, 7) is 1.43. The van der Waals surface area contributed by atoms with Crippen molar-refractivity contribution in [2.75, 3.05) is 13.7 Å². The Balaban J connectivity index is 1.72. The Labute approximate surface area is 133 Å². The topological polar surface area (TPSA) is 62.7 Å². The SMILES string of the molecule is COc1ccc(-c2nc(CN3CCCC3C(=O)O)cs2)cc1. The number of hydrogen-bond donors (Lipinski definition) is 1. The fourth-order valence-corrected chi connectivity index (χ4v) is 3.57. The molecule has 0 spiro atoms. The number of carboxylic acids is 1. The standard InChI is InChI=1S/C16H18N2O3S/c1-21-13-6-4-11(5-7-13)15-17-12(10-22-15)9-18-8-2-3-14(18)16(19)20/h4-7,10,14H,2-3,8-9H2,1H3,(H,19,20). The molecule has 1 unspecified atom stereocenters. The maximum atomic E-state index is 11.2. The molecule has 2 heterocycles. The van der Waals surface area contributed by atoms with Gasteiger partial charge in [-0.25, -0.2) is 4.98 Å². The van der Waals surface area contributed by atoms with Crippen LogP contribution in [-0.2, 0) is 11.3 Å². The molecule has 0 amide bonds. The minimum Gasteiger partial charge on any atom is -0.497 e. The van der Waals surface area contributed by atoms with E-state index in [1.165, 1.54) is 0 Å². The van der Waals surface area contributed by atoms with Gasteiger partial charge in [0.15, 0.2) is 0 Å². The van der Waals surface area contributed by atoms with Gasteiger partial charge in [-0.05, 0) is 43.7 Å². The van der Waals surface area contributed by atoms with Crippen LogP contribution in [0.1, 0.15) is 18.5 Å². The maximum Gasteiger partial charge on any atom is 0.320 e. The molecule has 6 heteroatoms. The number of likely N-dealkylation sites (tertiary alicyclic amines) is 1. The second-order valence-electron chi connectivity index (χ2n) is 5.34. The first-order valence-electron chi connectivity index (χ1n) is 7.23. The summed E-state index contributed by atoms with van der Waals surface area (Å²) in [5, 5.41) is 12.2. The van der Waals surface area contributed by atoms with Gasteiger partial charge in [-0.15, -0.1) is 11.3 Å². The Bertz CT molecular complexity index is 654. The van der Waals surface area contributed by atoms with E-state index in [4.69, 9.17) is 4.74 Å². The van der Waals surface area contributed by atoms with Crippen molar-refractivity contribution in [2.24, 2.45) is 0 Å². The number of aromatic nitrogens is 1. The number of methoxy groups -OCH3 is 1. The normalized spacial score (nSPS) is 18.5. The average molecular weight is 318 g/mol. The molecule has 2 aromatic rings. The van der Waals surface area contributed by atoms with E-state index in [1.54, 1.807) is 18.4 Å². The van der Waals surface area contributed by atoms with Crippen LogP contribution in [-0.4, -0.2) is 40.7 Å². The van der Waals surface area contributed by atoms with Crippen LogP contribution in [0.4, 0.5) is 0 Å². The van der Waals surface area contributed by atoms with Crippen LogP contribution >= 0.6 is 11.3 Å². The molecule has 1 fully saturated rings. The second kappa shape index (κ2) is 6.46. The molecule has 1 aromatic heterocycles. The summed E-state index contributed by atoms with van der Waals surface area (Å²) in [4.78, 5) is 17.8. The molecule has 1 aromatic carbocycles. The Morgan fingerprint density at radius 1 is 1.45 bits per heavy atom. The first-order valence-corrected chi connectivity index (χ1v) is 8.11. The summed E-state index contributed by atoms with van der Waals surface area (Å²) in [7, 11) is 1.64. The molecular weight excluding hydrogens is 300 g/mol. The Hall–Kier alpha value is -1.92. The van der Waals surface area contributed by atoms with E-state index < -0.39 is 5.97 Å². The summed E-state index contributed by atoms with van der Waals surface area (Å²) in [6, 6.07) is 7.43. The van der Waals surface area contributed by atoms with Crippen LogP contribution < -0.4 is 4.74 Å². The van der Waals surface area contributed by atoms with Crippen LogP contribution in [0.5, 0.6) is 5.75 Å². The highest BCUT2D eigenvalue weighted by atomic mass is 32.1. The summed E-state index contributed by atoms with van der Waals surface area (Å²) < 4.78 is 5.15. The third-order valence-electron chi connectivity index (χ3n) is 3.90. The van der Waals surface area contributed by atoms with Gasteiger partial charge >= 0.3 is 5.97 Å². The highest BCUT2D eigenvalue weighted by Crippen LogP contribution is 2.27. The van der Waals surface area contributed by atoms with Crippen molar-refractivity contribution < 1.29 is 14.6 Å². The Morgan fingerprint density at radius 3 is 2.91 bits per heavy atom. The number of carboxylic acid groups (broad SMARTS) is 1. The summed E-state index contributed by atoms with van der Waals surface area (Å²) in [6.07, 6.45) is 1.66. The molecule has 0 bridgehead atoms. The van der Waals surface area contributed by atoms with Crippen molar-refractivity contribution in [3.63, 3.8) is 0 Å². The highest BCUT2D eigenvalue weighted by molar-refractivity contribution is 7.13. The fraction of sp³-hybridized carbons (Fsp3) is 0.375. The van der Waals surface area contributed by atoms with Crippen LogP contribution in [0.2, 0.25) is 0 Å². The molecule has 1 aliphatic rings. The van der Waals surface area contributed by atoms with E-state index in [9.17, 15) is 9.90 Å². The number of hydrogen-bond acceptors (Lipinski definition) is 5. The predicted octanol–water partition coefficient (Wildman–Crippen LogP) is 2.87. The molecule has 0 aliphatic carbocycles. The van der Waals surface area contributed by atoms with Gasteiger partial charge in [0.05, 0.1) is 12.8 Å². The summed E-state index contributed by atoms with van der Waals surface area (Å²) in [5.41, 5.74) is 1.98. The highest BCUT2D eigenvalue weighted by Gasteiger charge is 2.30. The monoisotopic (exact) mass is 318 g/mol. The van der Waals surface area contributed by atoms with E-state index in [0.717, 1.165) is 41.4 Å². The molecule has 3 rings (SSSR count). The van der Waals surface area contributed by atoms with Crippen LogP contribution in [0.3, 0.4) is 0 Å². The van der Waals surface area contributed by atoms with Gasteiger partial charge in [0.25, 0.3) is 0 Å². The predicted molar refractivity (Wildman–Crippen MR) is 85.2 cm³/mol. The number of rotatable bonds is 5. The van der Waals surface area contributed by atoms with Gasteiger partial charge in [-0.3, -0.25) is 9.69 Å². The lowest BCUT2D eigenvalue weighted by molar-refractivity contribution is -0.142. The molecule has 116 valence electrons. The molecule has 0 saturated carbocycles. The second-order valence-corrected chi connectivity index (χ2v) is 6.20. The minimum atomic E-state index is -0.733. The number of ether oxygens (including phenoxy) is 1. The molecule has 1 atom stereocenters. The molecule has 22 heavy (non-hydrogen) atoms. The van der Waals surface area contributed by atoms with Crippen molar-refractivity contribution in [3.05, 3.63) is 35.3 Å². The molecule has 1 saturated heterocycles. The van der Waals surface area contributed by atoms with Crippen LogP contribution in [0.15, 0.2) is 29.6 Å². The van der Waals surface area contributed by atoms with E-state index in [1.807, 2.05) is 34.5 Å². The number of nitrogens with zero attached hydrogens (tertiary/aromatic N) is 2. The largest absolute Gasteiger partial charge is 0.497 e. The first kappa shape index (κ1) is 15.0. The van der Waals surface area contributed by atoms with Gasteiger partial charge in [-0.2, -0.15) is 0 Å².